The highest BCUT2D eigenvalue weighted by atomic mass is 79.9. The Labute approximate surface area is 126 Å². The molecule has 1 fully saturated rings. The van der Waals surface area contributed by atoms with Crippen LogP contribution in [0.25, 0.3) is 0 Å². The van der Waals surface area contributed by atoms with Crippen LogP contribution in [-0.2, 0) is 17.8 Å². The van der Waals surface area contributed by atoms with Gasteiger partial charge >= 0.3 is 6.09 Å². The SMILES string of the molecule is O=C(O)N1CCC(C2Cc3cc(Br)ccc3CO2)CC1. The second kappa shape index (κ2) is 5.74. The Hall–Kier alpha value is -1.07. The molecule has 0 radical (unpaired) electrons. The summed E-state index contributed by atoms with van der Waals surface area (Å²) in [6.07, 6.45) is 2.17. The summed E-state index contributed by atoms with van der Waals surface area (Å²) in [7, 11) is 0. The molecule has 5 heteroatoms. The topological polar surface area (TPSA) is 49.8 Å². The minimum absolute atomic E-state index is 0.229. The Bertz CT molecular complexity index is 512. The molecule has 0 aromatic heterocycles. The first-order valence-electron chi connectivity index (χ1n) is 7.00. The highest BCUT2D eigenvalue weighted by Gasteiger charge is 2.31. The van der Waals surface area contributed by atoms with Crippen LogP contribution < -0.4 is 0 Å². The van der Waals surface area contributed by atoms with E-state index in [1.54, 1.807) is 0 Å². The lowest BCUT2D eigenvalue weighted by atomic mass is 9.85. The maximum atomic E-state index is 10.9. The van der Waals surface area contributed by atoms with Gasteiger partial charge in [0.15, 0.2) is 0 Å². The van der Waals surface area contributed by atoms with Crippen molar-refractivity contribution in [2.75, 3.05) is 13.1 Å². The van der Waals surface area contributed by atoms with Crippen LogP contribution in [-0.4, -0.2) is 35.3 Å². The first kappa shape index (κ1) is 13.9. The van der Waals surface area contributed by atoms with Gasteiger partial charge in [-0.25, -0.2) is 4.79 Å². The van der Waals surface area contributed by atoms with Crippen molar-refractivity contribution in [3.63, 3.8) is 0 Å². The van der Waals surface area contributed by atoms with E-state index in [1.807, 2.05) is 6.07 Å². The van der Waals surface area contributed by atoms with E-state index in [0.29, 0.717) is 25.6 Å². The zero-order chi connectivity index (χ0) is 14.1. The lowest BCUT2D eigenvalue weighted by molar-refractivity contribution is -0.0267. The van der Waals surface area contributed by atoms with Crippen molar-refractivity contribution in [1.29, 1.82) is 0 Å². The zero-order valence-corrected chi connectivity index (χ0v) is 12.8. The molecule has 108 valence electrons. The molecular weight excluding hydrogens is 322 g/mol. The van der Waals surface area contributed by atoms with E-state index in [1.165, 1.54) is 16.0 Å². The van der Waals surface area contributed by atoms with Gasteiger partial charge in [0.2, 0.25) is 0 Å². The van der Waals surface area contributed by atoms with Gasteiger partial charge < -0.3 is 14.7 Å². The van der Waals surface area contributed by atoms with Gasteiger partial charge in [0.1, 0.15) is 0 Å². The second-order valence-corrected chi connectivity index (χ2v) is 6.49. The van der Waals surface area contributed by atoms with E-state index < -0.39 is 6.09 Å². The number of carbonyl (C=O) groups is 1. The first-order chi connectivity index (χ1) is 9.63. The van der Waals surface area contributed by atoms with Gasteiger partial charge in [-0.2, -0.15) is 0 Å². The van der Waals surface area contributed by atoms with Gasteiger partial charge in [-0.1, -0.05) is 22.0 Å². The largest absolute Gasteiger partial charge is 0.465 e. The summed E-state index contributed by atoms with van der Waals surface area (Å²) < 4.78 is 7.11. The molecule has 2 heterocycles. The number of benzene rings is 1. The van der Waals surface area contributed by atoms with E-state index in [4.69, 9.17) is 9.84 Å². The third-order valence-electron chi connectivity index (χ3n) is 4.38. The molecule has 1 aromatic rings. The number of ether oxygens (including phenoxy) is 1. The fraction of sp³-hybridized carbons (Fsp3) is 0.533. The van der Waals surface area contributed by atoms with Gasteiger partial charge in [0.25, 0.3) is 0 Å². The molecule has 1 saturated heterocycles. The molecule has 4 nitrogen and oxygen atoms in total. The highest BCUT2D eigenvalue weighted by molar-refractivity contribution is 9.10. The standard InChI is InChI=1S/C15H18BrNO3/c16-13-2-1-11-9-20-14(8-12(11)7-13)10-3-5-17(6-4-10)15(18)19/h1-2,7,10,14H,3-6,8-9H2,(H,18,19). The average Bonchev–Trinajstić information content (AvgIpc) is 2.46. The first-order valence-corrected chi connectivity index (χ1v) is 7.79. The van der Waals surface area contributed by atoms with Gasteiger partial charge in [0.05, 0.1) is 12.7 Å². The van der Waals surface area contributed by atoms with Crippen molar-refractivity contribution in [2.45, 2.75) is 32.0 Å². The monoisotopic (exact) mass is 339 g/mol. The fourth-order valence-electron chi connectivity index (χ4n) is 3.16. The number of piperidine rings is 1. The number of carboxylic acid groups (broad SMARTS) is 1. The third-order valence-corrected chi connectivity index (χ3v) is 4.87. The van der Waals surface area contributed by atoms with Crippen LogP contribution in [0, 0.1) is 5.92 Å². The van der Waals surface area contributed by atoms with Crippen molar-refractivity contribution in [1.82, 2.24) is 4.90 Å². The highest BCUT2D eigenvalue weighted by Crippen LogP contribution is 2.31. The minimum atomic E-state index is -0.803. The molecule has 0 bridgehead atoms. The third kappa shape index (κ3) is 2.83. The molecule has 1 amide bonds. The summed E-state index contributed by atoms with van der Waals surface area (Å²) in [4.78, 5) is 12.4. The van der Waals surface area contributed by atoms with Crippen LogP contribution in [0.2, 0.25) is 0 Å². The molecule has 1 aromatic carbocycles. The molecule has 20 heavy (non-hydrogen) atoms. The zero-order valence-electron chi connectivity index (χ0n) is 11.2. The normalized spacial score (nSPS) is 23.4. The average molecular weight is 340 g/mol. The predicted molar refractivity (Wildman–Crippen MR) is 78.7 cm³/mol. The number of hydrogen-bond acceptors (Lipinski definition) is 2. The molecular formula is C15H18BrNO3. The van der Waals surface area contributed by atoms with Crippen LogP contribution >= 0.6 is 15.9 Å². The van der Waals surface area contributed by atoms with Crippen molar-refractivity contribution in [3.05, 3.63) is 33.8 Å². The Morgan fingerprint density at radius 1 is 1.30 bits per heavy atom. The lowest BCUT2D eigenvalue weighted by Gasteiger charge is -2.37. The van der Waals surface area contributed by atoms with Gasteiger partial charge in [-0.05, 0) is 48.4 Å². The maximum absolute atomic E-state index is 10.9. The Kier molecular flexibility index (Phi) is 3.98. The van der Waals surface area contributed by atoms with E-state index in [2.05, 4.69) is 28.1 Å². The van der Waals surface area contributed by atoms with Crippen molar-refractivity contribution in [3.8, 4) is 0 Å². The van der Waals surface area contributed by atoms with E-state index in [0.717, 1.165) is 23.7 Å². The fourth-order valence-corrected chi connectivity index (χ4v) is 3.57. The summed E-state index contributed by atoms with van der Waals surface area (Å²) in [5, 5.41) is 8.99. The smallest absolute Gasteiger partial charge is 0.407 e. The maximum Gasteiger partial charge on any atom is 0.407 e. The molecule has 3 rings (SSSR count). The Morgan fingerprint density at radius 2 is 2.05 bits per heavy atom. The van der Waals surface area contributed by atoms with Crippen LogP contribution in [0.1, 0.15) is 24.0 Å². The molecule has 1 unspecified atom stereocenters. The Balaban J connectivity index is 1.64. The van der Waals surface area contributed by atoms with E-state index in [9.17, 15) is 4.79 Å². The number of fused-ring (bicyclic) bond motifs is 1. The summed E-state index contributed by atoms with van der Waals surface area (Å²) in [6.45, 7) is 1.93. The Morgan fingerprint density at radius 3 is 2.75 bits per heavy atom. The molecule has 2 aliphatic heterocycles. The van der Waals surface area contributed by atoms with Gasteiger partial charge in [0, 0.05) is 17.6 Å². The lowest BCUT2D eigenvalue weighted by Crippen LogP contribution is -2.42. The van der Waals surface area contributed by atoms with E-state index in [-0.39, 0.29) is 6.10 Å². The summed E-state index contributed by atoms with van der Waals surface area (Å²) in [5.74, 6) is 0.470. The number of hydrogen-bond donors (Lipinski definition) is 1. The number of likely N-dealkylation sites (tertiary alicyclic amines) is 1. The van der Waals surface area contributed by atoms with Crippen molar-refractivity contribution >= 4 is 22.0 Å². The van der Waals surface area contributed by atoms with E-state index >= 15 is 0 Å². The van der Waals surface area contributed by atoms with Gasteiger partial charge in [-0.15, -0.1) is 0 Å². The molecule has 1 atom stereocenters. The summed E-state index contributed by atoms with van der Waals surface area (Å²) >= 11 is 3.52. The summed E-state index contributed by atoms with van der Waals surface area (Å²) in [6, 6.07) is 6.34. The summed E-state index contributed by atoms with van der Waals surface area (Å²) in [5.41, 5.74) is 2.63. The number of rotatable bonds is 1. The van der Waals surface area contributed by atoms with Crippen LogP contribution in [0.4, 0.5) is 4.79 Å². The number of amides is 1. The molecule has 0 saturated carbocycles. The van der Waals surface area contributed by atoms with Crippen LogP contribution in [0.3, 0.4) is 0 Å². The second-order valence-electron chi connectivity index (χ2n) is 5.57. The van der Waals surface area contributed by atoms with Crippen LogP contribution in [0.5, 0.6) is 0 Å². The molecule has 2 aliphatic rings. The van der Waals surface area contributed by atoms with Crippen molar-refractivity contribution in [2.24, 2.45) is 5.92 Å². The van der Waals surface area contributed by atoms with Crippen LogP contribution in [0.15, 0.2) is 22.7 Å². The quantitative estimate of drug-likeness (QED) is 0.854. The van der Waals surface area contributed by atoms with Crippen molar-refractivity contribution < 1.29 is 14.6 Å². The number of nitrogens with zero attached hydrogens (tertiary/aromatic N) is 1. The molecule has 0 spiro atoms. The molecule has 0 aliphatic carbocycles. The minimum Gasteiger partial charge on any atom is -0.465 e. The number of halogens is 1. The van der Waals surface area contributed by atoms with Gasteiger partial charge in [-0.3, -0.25) is 0 Å². The molecule has 1 N–H and O–H groups in total. The predicted octanol–water partition coefficient (Wildman–Crippen LogP) is 3.28.